The van der Waals surface area contributed by atoms with Crippen LogP contribution in [0.1, 0.15) is 31.1 Å². The summed E-state index contributed by atoms with van der Waals surface area (Å²) in [6, 6.07) is 11.2. The summed E-state index contributed by atoms with van der Waals surface area (Å²) in [4.78, 5) is 30.4. The van der Waals surface area contributed by atoms with Gasteiger partial charge < -0.3 is 9.32 Å². The Balaban J connectivity index is 2.23. The van der Waals surface area contributed by atoms with Gasteiger partial charge in [-0.05, 0) is 50.2 Å². The molecule has 0 aliphatic carbocycles. The van der Waals surface area contributed by atoms with Gasteiger partial charge in [0.25, 0.3) is 5.91 Å². The standard InChI is InChI=1S/C22H21ClFN3O3/c1-4-27(5-2)16-8-6-14-10-17(21(29)25-13(3)28)22(30-20(14)12-16)26-15-7-9-19(24)18(23)11-15/h6-12H,4-5H2,1-3H3,(H,25,28,29). The number of benzene rings is 2. The van der Waals surface area contributed by atoms with E-state index in [1.165, 1.54) is 25.1 Å². The third kappa shape index (κ3) is 4.68. The van der Waals surface area contributed by atoms with E-state index >= 15 is 0 Å². The summed E-state index contributed by atoms with van der Waals surface area (Å²) >= 11 is 5.84. The Hall–Kier alpha value is -3.19. The van der Waals surface area contributed by atoms with Gasteiger partial charge in [0.15, 0.2) is 0 Å². The van der Waals surface area contributed by atoms with Crippen molar-refractivity contribution in [2.45, 2.75) is 20.8 Å². The van der Waals surface area contributed by atoms with Crippen LogP contribution in [-0.2, 0) is 4.79 Å². The molecule has 0 bridgehead atoms. The zero-order chi connectivity index (χ0) is 21.8. The number of rotatable bonds is 5. The van der Waals surface area contributed by atoms with E-state index in [9.17, 15) is 14.0 Å². The van der Waals surface area contributed by atoms with Gasteiger partial charge >= 0.3 is 0 Å². The summed E-state index contributed by atoms with van der Waals surface area (Å²) in [6.07, 6.45) is 0. The molecule has 0 aliphatic rings. The summed E-state index contributed by atoms with van der Waals surface area (Å²) in [7, 11) is 0. The van der Waals surface area contributed by atoms with Crippen LogP contribution in [-0.4, -0.2) is 24.9 Å². The quantitative estimate of drug-likeness (QED) is 0.644. The van der Waals surface area contributed by atoms with Crippen LogP contribution in [0, 0.1) is 5.82 Å². The summed E-state index contributed by atoms with van der Waals surface area (Å²) in [5.41, 5.74) is 1.86. The highest BCUT2D eigenvalue weighted by Crippen LogP contribution is 2.24. The second kappa shape index (κ2) is 9.09. The maximum Gasteiger partial charge on any atom is 0.263 e. The molecule has 0 saturated carbocycles. The van der Waals surface area contributed by atoms with E-state index in [2.05, 4.69) is 29.1 Å². The SMILES string of the molecule is CCN(CC)c1ccc2cc(C(=O)NC(C)=O)c(=Nc3ccc(F)c(Cl)c3)oc2c1. The molecule has 1 heterocycles. The minimum Gasteiger partial charge on any atom is -0.437 e. The number of carbonyl (C=O) groups excluding carboxylic acids is 2. The summed E-state index contributed by atoms with van der Waals surface area (Å²) in [5, 5.41) is 2.80. The van der Waals surface area contributed by atoms with Gasteiger partial charge in [-0.15, -0.1) is 0 Å². The number of imide groups is 1. The van der Waals surface area contributed by atoms with E-state index in [1.54, 1.807) is 6.07 Å². The van der Waals surface area contributed by atoms with Crippen molar-refractivity contribution in [3.8, 4) is 0 Å². The van der Waals surface area contributed by atoms with Gasteiger partial charge in [0.2, 0.25) is 11.5 Å². The minimum absolute atomic E-state index is 0.0133. The van der Waals surface area contributed by atoms with Crippen LogP contribution in [0.15, 0.2) is 51.9 Å². The van der Waals surface area contributed by atoms with E-state index in [1.807, 2.05) is 18.2 Å². The van der Waals surface area contributed by atoms with Gasteiger partial charge in [0.05, 0.1) is 10.7 Å². The van der Waals surface area contributed by atoms with Crippen molar-refractivity contribution < 1.29 is 18.4 Å². The Morgan fingerprint density at radius 1 is 1.13 bits per heavy atom. The van der Waals surface area contributed by atoms with E-state index in [0.29, 0.717) is 16.7 Å². The highest BCUT2D eigenvalue weighted by Gasteiger charge is 2.15. The molecule has 0 aliphatic heterocycles. The molecule has 30 heavy (non-hydrogen) atoms. The highest BCUT2D eigenvalue weighted by molar-refractivity contribution is 6.31. The zero-order valence-corrected chi connectivity index (χ0v) is 17.6. The second-order valence-electron chi connectivity index (χ2n) is 6.58. The fourth-order valence-corrected chi connectivity index (χ4v) is 3.21. The van der Waals surface area contributed by atoms with Crippen molar-refractivity contribution in [1.82, 2.24) is 5.32 Å². The van der Waals surface area contributed by atoms with Crippen LogP contribution in [0.25, 0.3) is 11.0 Å². The molecule has 3 rings (SSSR count). The lowest BCUT2D eigenvalue weighted by Gasteiger charge is -2.21. The minimum atomic E-state index is -0.645. The number of carbonyl (C=O) groups is 2. The average Bonchev–Trinajstić information content (AvgIpc) is 2.70. The fraction of sp³-hybridized carbons (Fsp3) is 0.227. The lowest BCUT2D eigenvalue weighted by atomic mass is 10.1. The van der Waals surface area contributed by atoms with Crippen LogP contribution in [0.5, 0.6) is 0 Å². The lowest BCUT2D eigenvalue weighted by Crippen LogP contribution is -2.32. The van der Waals surface area contributed by atoms with Crippen molar-refractivity contribution in [3.05, 3.63) is 64.4 Å². The van der Waals surface area contributed by atoms with Crippen LogP contribution >= 0.6 is 11.6 Å². The largest absolute Gasteiger partial charge is 0.437 e. The zero-order valence-electron chi connectivity index (χ0n) is 16.8. The number of nitrogens with one attached hydrogen (secondary N) is 1. The van der Waals surface area contributed by atoms with Crippen molar-refractivity contribution in [3.63, 3.8) is 0 Å². The topological polar surface area (TPSA) is 74.9 Å². The van der Waals surface area contributed by atoms with E-state index in [0.717, 1.165) is 18.8 Å². The van der Waals surface area contributed by atoms with Crippen LogP contribution in [0.3, 0.4) is 0 Å². The van der Waals surface area contributed by atoms with Gasteiger partial charge in [-0.1, -0.05) is 11.6 Å². The monoisotopic (exact) mass is 429 g/mol. The summed E-state index contributed by atoms with van der Waals surface area (Å²) in [5.74, 6) is -1.73. The van der Waals surface area contributed by atoms with Crippen LogP contribution in [0.4, 0.5) is 15.8 Å². The smallest absolute Gasteiger partial charge is 0.263 e. The third-order valence-corrected chi connectivity index (χ3v) is 4.82. The number of nitrogens with zero attached hydrogens (tertiary/aromatic N) is 2. The molecule has 1 aromatic heterocycles. The second-order valence-corrected chi connectivity index (χ2v) is 6.99. The van der Waals surface area contributed by atoms with E-state index in [4.69, 9.17) is 16.0 Å². The molecule has 0 radical (unpaired) electrons. The summed E-state index contributed by atoms with van der Waals surface area (Å²) in [6.45, 7) is 7.00. The number of amides is 2. The molecule has 1 N–H and O–H groups in total. The number of anilines is 1. The van der Waals surface area contributed by atoms with Gasteiger partial charge in [-0.2, -0.15) is 0 Å². The predicted molar refractivity (Wildman–Crippen MR) is 115 cm³/mol. The first-order chi connectivity index (χ1) is 14.3. The maximum absolute atomic E-state index is 13.5. The highest BCUT2D eigenvalue weighted by atomic mass is 35.5. The number of fused-ring (bicyclic) bond motifs is 1. The molecule has 0 atom stereocenters. The molecular weight excluding hydrogens is 409 g/mol. The Kier molecular flexibility index (Phi) is 6.52. The van der Waals surface area contributed by atoms with Gasteiger partial charge in [-0.25, -0.2) is 9.38 Å². The number of hydrogen-bond donors (Lipinski definition) is 1. The Morgan fingerprint density at radius 2 is 1.87 bits per heavy atom. The molecule has 0 unspecified atom stereocenters. The normalized spacial score (nSPS) is 11.6. The number of halogens is 2. The first kappa shape index (κ1) is 21.5. The molecule has 0 saturated heterocycles. The molecule has 2 amide bonds. The molecule has 8 heteroatoms. The average molecular weight is 430 g/mol. The lowest BCUT2D eigenvalue weighted by molar-refractivity contribution is -0.118. The third-order valence-electron chi connectivity index (χ3n) is 4.53. The first-order valence-corrected chi connectivity index (χ1v) is 9.84. The molecule has 2 aromatic carbocycles. The van der Waals surface area contributed by atoms with E-state index in [-0.39, 0.29) is 16.1 Å². The Morgan fingerprint density at radius 3 is 2.50 bits per heavy atom. The molecular formula is C22H21ClFN3O3. The van der Waals surface area contributed by atoms with E-state index < -0.39 is 17.6 Å². The van der Waals surface area contributed by atoms with Crippen molar-refractivity contribution >= 4 is 45.8 Å². The van der Waals surface area contributed by atoms with Crippen molar-refractivity contribution in [2.75, 3.05) is 18.0 Å². The maximum atomic E-state index is 13.5. The first-order valence-electron chi connectivity index (χ1n) is 9.47. The Labute approximate surface area is 178 Å². The fourth-order valence-electron chi connectivity index (χ4n) is 3.04. The van der Waals surface area contributed by atoms with Gasteiger partial charge in [-0.3, -0.25) is 14.9 Å². The van der Waals surface area contributed by atoms with Gasteiger partial charge in [0, 0.05) is 37.2 Å². The van der Waals surface area contributed by atoms with Crippen LogP contribution < -0.4 is 15.8 Å². The van der Waals surface area contributed by atoms with Crippen molar-refractivity contribution in [2.24, 2.45) is 4.99 Å². The number of hydrogen-bond acceptors (Lipinski definition) is 5. The molecule has 6 nitrogen and oxygen atoms in total. The van der Waals surface area contributed by atoms with Gasteiger partial charge in [0.1, 0.15) is 17.0 Å². The van der Waals surface area contributed by atoms with Crippen LogP contribution in [0.2, 0.25) is 5.02 Å². The molecule has 0 fully saturated rings. The Bertz CT molecular complexity index is 1190. The predicted octanol–water partition coefficient (Wildman–Crippen LogP) is 4.58. The molecule has 0 spiro atoms. The molecule has 156 valence electrons. The summed E-state index contributed by atoms with van der Waals surface area (Å²) < 4.78 is 19.4. The molecule has 3 aromatic rings. The van der Waals surface area contributed by atoms with Crippen molar-refractivity contribution in [1.29, 1.82) is 0 Å².